The maximum atomic E-state index is 14.4. The van der Waals surface area contributed by atoms with E-state index in [0.717, 1.165) is 15.4 Å². The van der Waals surface area contributed by atoms with Crippen molar-refractivity contribution in [1.29, 1.82) is 0 Å². The average molecular weight is 693 g/mol. The fraction of sp³-hybridized carbons (Fsp3) is 0.188. The van der Waals surface area contributed by atoms with Gasteiger partial charge < -0.3 is 10.2 Å². The van der Waals surface area contributed by atoms with E-state index in [-0.39, 0.29) is 38.6 Å². The van der Waals surface area contributed by atoms with Gasteiger partial charge in [0.1, 0.15) is 12.6 Å². The lowest BCUT2D eigenvalue weighted by Crippen LogP contribution is -2.53. The lowest BCUT2D eigenvalue weighted by molar-refractivity contribution is -0.139. The Morgan fingerprint density at radius 3 is 2.09 bits per heavy atom. The standard InChI is InChI=1S/C32H29Cl4N3O4S/c1-21-8-13-26(14-9-21)44(42,43)39(29-18-25(34)12-15-27(29)35)20-31(40)38(19-23-10-11-24(33)17-28(23)36)30(32(41)37-2)16-22-6-4-3-5-7-22/h3-15,17-18,30H,16,19-20H2,1-2H3,(H,37,41)/t30-/m1/s1. The van der Waals surface area contributed by atoms with Crippen molar-refractivity contribution in [3.8, 4) is 0 Å². The third-order valence-electron chi connectivity index (χ3n) is 6.94. The molecule has 4 aromatic carbocycles. The van der Waals surface area contributed by atoms with Crippen LogP contribution >= 0.6 is 46.4 Å². The van der Waals surface area contributed by atoms with Crippen molar-refractivity contribution in [3.05, 3.63) is 128 Å². The molecule has 0 radical (unpaired) electrons. The number of nitrogens with one attached hydrogen (secondary N) is 1. The second-order valence-electron chi connectivity index (χ2n) is 10.00. The Labute approximate surface area is 277 Å². The van der Waals surface area contributed by atoms with Crippen LogP contribution in [0.4, 0.5) is 5.69 Å². The van der Waals surface area contributed by atoms with E-state index in [4.69, 9.17) is 46.4 Å². The Kier molecular flexibility index (Phi) is 11.2. The number of hydrogen-bond donors (Lipinski definition) is 1. The minimum absolute atomic E-state index is 0.0112. The van der Waals surface area contributed by atoms with Crippen LogP contribution in [0.15, 0.2) is 95.9 Å². The highest BCUT2D eigenvalue weighted by Crippen LogP contribution is 2.34. The molecule has 0 saturated carbocycles. The van der Waals surface area contributed by atoms with E-state index in [9.17, 15) is 18.0 Å². The molecule has 4 rings (SSSR count). The van der Waals surface area contributed by atoms with Gasteiger partial charge in [0.15, 0.2) is 0 Å². The van der Waals surface area contributed by atoms with E-state index in [1.807, 2.05) is 37.3 Å². The first-order valence-electron chi connectivity index (χ1n) is 13.4. The molecule has 1 atom stereocenters. The maximum absolute atomic E-state index is 14.4. The highest BCUT2D eigenvalue weighted by Gasteiger charge is 2.35. The van der Waals surface area contributed by atoms with Crippen LogP contribution in [0.25, 0.3) is 0 Å². The highest BCUT2D eigenvalue weighted by molar-refractivity contribution is 7.92. The van der Waals surface area contributed by atoms with Gasteiger partial charge in [-0.3, -0.25) is 13.9 Å². The molecule has 0 aliphatic heterocycles. The molecule has 0 heterocycles. The minimum atomic E-state index is -4.34. The topological polar surface area (TPSA) is 86.8 Å². The Morgan fingerprint density at radius 1 is 0.818 bits per heavy atom. The van der Waals surface area contributed by atoms with E-state index < -0.39 is 34.4 Å². The van der Waals surface area contributed by atoms with Crippen molar-refractivity contribution < 1.29 is 18.0 Å². The first-order chi connectivity index (χ1) is 20.9. The van der Waals surface area contributed by atoms with E-state index in [0.29, 0.717) is 10.6 Å². The number of benzene rings is 4. The second kappa shape index (κ2) is 14.7. The van der Waals surface area contributed by atoms with Crippen LogP contribution in [0.2, 0.25) is 20.1 Å². The number of likely N-dealkylation sites (N-methyl/N-ethyl adjacent to an activating group) is 1. The van der Waals surface area contributed by atoms with Gasteiger partial charge >= 0.3 is 0 Å². The summed E-state index contributed by atoms with van der Waals surface area (Å²) in [6.07, 6.45) is 0.153. The van der Waals surface area contributed by atoms with E-state index in [1.54, 1.807) is 24.3 Å². The van der Waals surface area contributed by atoms with Crippen LogP contribution in [0.5, 0.6) is 0 Å². The van der Waals surface area contributed by atoms with Gasteiger partial charge in [0.2, 0.25) is 11.8 Å². The number of halogens is 4. The summed E-state index contributed by atoms with van der Waals surface area (Å²) in [7, 11) is -2.87. The lowest BCUT2D eigenvalue weighted by atomic mass is 10.0. The summed E-state index contributed by atoms with van der Waals surface area (Å²) in [6, 6.07) is 23.5. The molecular weight excluding hydrogens is 664 g/mol. The molecule has 12 heteroatoms. The Morgan fingerprint density at radius 2 is 1.45 bits per heavy atom. The van der Waals surface area contributed by atoms with E-state index in [1.165, 1.54) is 48.3 Å². The smallest absolute Gasteiger partial charge is 0.264 e. The number of aryl methyl sites for hydroxylation is 1. The van der Waals surface area contributed by atoms with E-state index >= 15 is 0 Å². The summed E-state index contributed by atoms with van der Waals surface area (Å²) in [6.45, 7) is 1.03. The molecule has 0 fully saturated rings. The summed E-state index contributed by atoms with van der Waals surface area (Å²) < 4.78 is 29.1. The fourth-order valence-electron chi connectivity index (χ4n) is 4.58. The summed E-state index contributed by atoms with van der Waals surface area (Å²) in [5, 5.41) is 3.61. The molecule has 0 unspecified atom stereocenters. The molecule has 0 aromatic heterocycles. The SMILES string of the molecule is CNC(=O)[C@@H](Cc1ccccc1)N(Cc1ccc(Cl)cc1Cl)C(=O)CN(c1cc(Cl)ccc1Cl)S(=O)(=O)c1ccc(C)cc1. The number of carbonyl (C=O) groups is 2. The molecule has 0 spiro atoms. The van der Waals surface area contributed by atoms with Crippen LogP contribution in [0.3, 0.4) is 0 Å². The molecule has 44 heavy (non-hydrogen) atoms. The van der Waals surface area contributed by atoms with Gasteiger partial charge in [0.05, 0.1) is 15.6 Å². The van der Waals surface area contributed by atoms with Crippen molar-refractivity contribution in [2.24, 2.45) is 0 Å². The van der Waals surface area contributed by atoms with Gasteiger partial charge in [0.25, 0.3) is 10.0 Å². The molecule has 4 aromatic rings. The Bertz CT molecular complexity index is 1750. The number of nitrogens with zero attached hydrogens (tertiary/aromatic N) is 2. The zero-order valence-electron chi connectivity index (χ0n) is 23.8. The van der Waals surface area contributed by atoms with Gasteiger partial charge in [0, 0.05) is 35.1 Å². The van der Waals surface area contributed by atoms with Crippen LogP contribution in [0.1, 0.15) is 16.7 Å². The highest BCUT2D eigenvalue weighted by atomic mass is 35.5. The molecule has 2 amide bonds. The number of hydrogen-bond acceptors (Lipinski definition) is 4. The van der Waals surface area contributed by atoms with Crippen LogP contribution < -0.4 is 9.62 Å². The summed E-state index contributed by atoms with van der Waals surface area (Å²) in [4.78, 5) is 29.0. The third kappa shape index (κ3) is 8.06. The first-order valence-corrected chi connectivity index (χ1v) is 16.4. The number of amides is 2. The van der Waals surface area contributed by atoms with Crippen molar-refractivity contribution in [3.63, 3.8) is 0 Å². The van der Waals surface area contributed by atoms with Crippen molar-refractivity contribution in [1.82, 2.24) is 10.2 Å². The van der Waals surface area contributed by atoms with Crippen molar-refractivity contribution in [2.45, 2.75) is 30.8 Å². The second-order valence-corrected chi connectivity index (χ2v) is 13.5. The van der Waals surface area contributed by atoms with Gasteiger partial charge in [-0.2, -0.15) is 0 Å². The van der Waals surface area contributed by atoms with Gasteiger partial charge in [-0.15, -0.1) is 0 Å². The summed E-state index contributed by atoms with van der Waals surface area (Å²) in [5.41, 5.74) is 2.17. The molecule has 0 aliphatic rings. The normalized spacial score (nSPS) is 12.0. The molecule has 7 nitrogen and oxygen atoms in total. The van der Waals surface area contributed by atoms with Crippen LogP contribution in [-0.4, -0.2) is 44.8 Å². The third-order valence-corrected chi connectivity index (χ3v) is 9.85. The molecule has 230 valence electrons. The van der Waals surface area contributed by atoms with E-state index in [2.05, 4.69) is 5.32 Å². The van der Waals surface area contributed by atoms with Crippen LogP contribution in [-0.2, 0) is 32.6 Å². The lowest BCUT2D eigenvalue weighted by Gasteiger charge is -2.34. The Hall–Kier alpha value is -3.27. The molecule has 0 aliphatic carbocycles. The zero-order valence-corrected chi connectivity index (χ0v) is 27.6. The maximum Gasteiger partial charge on any atom is 0.264 e. The summed E-state index contributed by atoms with van der Waals surface area (Å²) >= 11 is 25.4. The predicted octanol–water partition coefficient (Wildman–Crippen LogP) is 7.19. The average Bonchev–Trinajstić information content (AvgIpc) is 3.00. The van der Waals surface area contributed by atoms with Gasteiger partial charge in [-0.1, -0.05) is 100 Å². The van der Waals surface area contributed by atoms with Gasteiger partial charge in [-0.25, -0.2) is 8.42 Å². The molecule has 0 bridgehead atoms. The van der Waals surface area contributed by atoms with Crippen molar-refractivity contribution in [2.75, 3.05) is 17.9 Å². The Balaban J connectivity index is 1.84. The number of anilines is 1. The largest absolute Gasteiger partial charge is 0.357 e. The quantitative estimate of drug-likeness (QED) is 0.180. The monoisotopic (exact) mass is 691 g/mol. The van der Waals surface area contributed by atoms with Gasteiger partial charge in [-0.05, 0) is 60.5 Å². The molecular formula is C32H29Cl4N3O4S. The van der Waals surface area contributed by atoms with Crippen LogP contribution in [0, 0.1) is 6.92 Å². The minimum Gasteiger partial charge on any atom is -0.357 e. The predicted molar refractivity (Wildman–Crippen MR) is 177 cm³/mol. The van der Waals surface area contributed by atoms with Crippen molar-refractivity contribution >= 4 is 73.9 Å². The molecule has 0 saturated heterocycles. The zero-order chi connectivity index (χ0) is 32.0. The number of sulfonamides is 1. The summed E-state index contributed by atoms with van der Waals surface area (Å²) in [5.74, 6) is -1.12. The fourth-order valence-corrected chi connectivity index (χ4v) is 6.91. The molecule has 1 N–H and O–H groups in total. The number of rotatable bonds is 11. The number of carbonyl (C=O) groups excluding carboxylic acids is 2. The first kappa shape index (κ1) is 33.6.